The van der Waals surface area contributed by atoms with Crippen molar-refractivity contribution < 1.29 is 27.4 Å². The normalized spacial score (nSPS) is 14.9. The molecule has 1 aromatic carbocycles. The molecule has 2 N–H and O–H groups in total. The van der Waals surface area contributed by atoms with Crippen LogP contribution in [0.1, 0.15) is 36.5 Å². The SMILES string of the molecule is COc1ccc(Cn2ncc(N[C@@H](C)COCC(=O)NC3CCN(c4ncc(C(F)(F)F)cn4)CC3)c(C)c2=O)cc1. The molecule has 0 radical (unpaired) electrons. The molecule has 42 heavy (non-hydrogen) atoms. The van der Waals surface area contributed by atoms with Crippen LogP contribution in [0.15, 0.2) is 47.7 Å². The Morgan fingerprint density at radius 2 is 1.79 bits per heavy atom. The summed E-state index contributed by atoms with van der Waals surface area (Å²) in [5.74, 6) is 0.710. The Bertz CT molecular complexity index is 1390. The molecule has 226 valence electrons. The first kappa shape index (κ1) is 30.8. The van der Waals surface area contributed by atoms with E-state index in [1.807, 2.05) is 31.2 Å². The van der Waals surface area contributed by atoms with E-state index < -0.39 is 11.7 Å². The topological polar surface area (TPSA) is 124 Å². The van der Waals surface area contributed by atoms with Crippen molar-refractivity contribution >= 4 is 17.5 Å². The molecule has 0 spiro atoms. The van der Waals surface area contributed by atoms with Gasteiger partial charge in [-0.2, -0.15) is 18.3 Å². The first-order valence-electron chi connectivity index (χ1n) is 13.5. The minimum absolute atomic E-state index is 0.0829. The predicted octanol–water partition coefficient (Wildman–Crippen LogP) is 3.02. The molecule has 0 saturated carbocycles. The van der Waals surface area contributed by atoms with Crippen molar-refractivity contribution in [3.05, 3.63) is 69.9 Å². The fourth-order valence-corrected chi connectivity index (χ4v) is 4.51. The van der Waals surface area contributed by atoms with Gasteiger partial charge in [-0.15, -0.1) is 0 Å². The molecule has 3 heterocycles. The van der Waals surface area contributed by atoms with Gasteiger partial charge in [-0.1, -0.05) is 12.1 Å². The molecular formula is C28H34F3N7O4. The molecule has 3 aromatic rings. The zero-order valence-corrected chi connectivity index (χ0v) is 23.6. The maximum absolute atomic E-state index is 12.8. The summed E-state index contributed by atoms with van der Waals surface area (Å²) in [7, 11) is 1.59. The van der Waals surface area contributed by atoms with E-state index in [2.05, 4.69) is 25.7 Å². The molecular weight excluding hydrogens is 555 g/mol. The molecule has 0 unspecified atom stereocenters. The highest BCUT2D eigenvalue weighted by Gasteiger charge is 2.32. The van der Waals surface area contributed by atoms with Crippen LogP contribution in [0.4, 0.5) is 24.8 Å². The predicted molar refractivity (Wildman–Crippen MR) is 150 cm³/mol. The van der Waals surface area contributed by atoms with Crippen LogP contribution in [0, 0.1) is 6.92 Å². The zero-order chi connectivity index (χ0) is 30.3. The van der Waals surface area contributed by atoms with Gasteiger partial charge in [-0.3, -0.25) is 9.59 Å². The summed E-state index contributed by atoms with van der Waals surface area (Å²) in [5.41, 5.74) is 0.938. The maximum Gasteiger partial charge on any atom is 0.419 e. The lowest BCUT2D eigenvalue weighted by molar-refractivity contribution is -0.138. The van der Waals surface area contributed by atoms with Crippen LogP contribution in [0.3, 0.4) is 0 Å². The Labute approximate surface area is 241 Å². The van der Waals surface area contributed by atoms with Gasteiger partial charge in [0, 0.05) is 43.1 Å². The highest BCUT2D eigenvalue weighted by atomic mass is 19.4. The van der Waals surface area contributed by atoms with Crippen molar-refractivity contribution in [1.29, 1.82) is 0 Å². The Balaban J connectivity index is 1.17. The van der Waals surface area contributed by atoms with Crippen molar-refractivity contribution in [2.45, 2.75) is 51.5 Å². The summed E-state index contributed by atoms with van der Waals surface area (Å²) in [6, 6.07) is 7.14. The van der Waals surface area contributed by atoms with Gasteiger partial charge in [-0.25, -0.2) is 14.6 Å². The lowest BCUT2D eigenvalue weighted by Gasteiger charge is -2.32. The van der Waals surface area contributed by atoms with Crippen LogP contribution < -0.4 is 25.8 Å². The molecule has 2 aromatic heterocycles. The fraction of sp³-hybridized carbons (Fsp3) is 0.464. The van der Waals surface area contributed by atoms with E-state index in [4.69, 9.17) is 9.47 Å². The molecule has 1 fully saturated rings. The van der Waals surface area contributed by atoms with E-state index in [1.54, 1.807) is 25.1 Å². The molecule has 0 aliphatic carbocycles. The van der Waals surface area contributed by atoms with Crippen molar-refractivity contribution in [2.75, 3.05) is 43.6 Å². The Hall–Kier alpha value is -4.20. The van der Waals surface area contributed by atoms with E-state index >= 15 is 0 Å². The number of nitrogens with one attached hydrogen (secondary N) is 2. The lowest BCUT2D eigenvalue weighted by atomic mass is 10.1. The van der Waals surface area contributed by atoms with Crippen molar-refractivity contribution in [3.63, 3.8) is 0 Å². The van der Waals surface area contributed by atoms with Crippen molar-refractivity contribution in [3.8, 4) is 5.75 Å². The highest BCUT2D eigenvalue weighted by Crippen LogP contribution is 2.28. The number of nitrogens with zero attached hydrogens (tertiary/aromatic N) is 5. The summed E-state index contributed by atoms with van der Waals surface area (Å²) < 4.78 is 50.3. The average Bonchev–Trinajstić information content (AvgIpc) is 2.97. The summed E-state index contributed by atoms with van der Waals surface area (Å²) in [4.78, 5) is 34.7. The second-order valence-electron chi connectivity index (χ2n) is 10.2. The molecule has 1 aliphatic rings. The number of aromatic nitrogens is 4. The van der Waals surface area contributed by atoms with Gasteiger partial charge in [0.1, 0.15) is 12.4 Å². The van der Waals surface area contributed by atoms with Gasteiger partial charge in [0.15, 0.2) is 0 Å². The number of hydrogen-bond donors (Lipinski definition) is 2. The molecule has 0 bridgehead atoms. The third kappa shape index (κ3) is 8.18. The average molecular weight is 590 g/mol. The smallest absolute Gasteiger partial charge is 0.419 e. The van der Waals surface area contributed by atoms with Gasteiger partial charge < -0.3 is 25.0 Å². The van der Waals surface area contributed by atoms with E-state index in [1.165, 1.54) is 4.68 Å². The number of ether oxygens (including phenoxy) is 2. The van der Waals surface area contributed by atoms with E-state index in [0.717, 1.165) is 23.7 Å². The Kier molecular flexibility index (Phi) is 9.99. The minimum Gasteiger partial charge on any atom is -0.497 e. The molecule has 1 atom stereocenters. The number of carbonyl (C=O) groups is 1. The van der Waals surface area contributed by atoms with Crippen LogP contribution in [0.25, 0.3) is 0 Å². The van der Waals surface area contributed by atoms with E-state index in [9.17, 15) is 22.8 Å². The number of carbonyl (C=O) groups excluding carboxylic acids is 1. The number of benzene rings is 1. The first-order valence-corrected chi connectivity index (χ1v) is 13.5. The van der Waals surface area contributed by atoms with Crippen LogP contribution in [0.5, 0.6) is 5.75 Å². The molecule has 4 rings (SSSR count). The standard InChI is InChI=1S/C28H34F3N7O4/c1-18(35-24-14-34-38(26(40)19(24)2)15-20-4-6-23(41-3)7-5-20)16-42-17-25(39)36-22-8-10-37(11-9-22)27-32-12-21(13-33-27)28(29,30)31/h4-7,12-14,18,22,35H,8-11,15-17H2,1-3H3,(H,36,39)/t18-/m0/s1. The van der Waals surface area contributed by atoms with Crippen molar-refractivity contribution in [1.82, 2.24) is 25.1 Å². The number of alkyl halides is 3. The van der Waals surface area contributed by atoms with Crippen molar-refractivity contribution in [2.24, 2.45) is 0 Å². The minimum atomic E-state index is -4.48. The van der Waals surface area contributed by atoms with Gasteiger partial charge in [0.2, 0.25) is 11.9 Å². The van der Waals surface area contributed by atoms with Crippen LogP contribution in [0.2, 0.25) is 0 Å². The summed E-state index contributed by atoms with van der Waals surface area (Å²) in [5, 5.41) is 10.4. The Morgan fingerprint density at radius 3 is 2.40 bits per heavy atom. The molecule has 1 aliphatic heterocycles. The van der Waals surface area contributed by atoms with Crippen LogP contribution in [-0.4, -0.2) is 71.2 Å². The highest BCUT2D eigenvalue weighted by molar-refractivity contribution is 5.77. The number of methoxy groups -OCH3 is 1. The maximum atomic E-state index is 12.8. The summed E-state index contributed by atoms with van der Waals surface area (Å²) in [6.45, 7) is 5.04. The fourth-order valence-electron chi connectivity index (χ4n) is 4.51. The Morgan fingerprint density at radius 1 is 1.12 bits per heavy atom. The number of hydrogen-bond acceptors (Lipinski definition) is 9. The third-order valence-corrected chi connectivity index (χ3v) is 6.89. The number of halogens is 3. The van der Waals surface area contributed by atoms with Crippen LogP contribution >= 0.6 is 0 Å². The molecule has 11 nitrogen and oxygen atoms in total. The quantitative estimate of drug-likeness (QED) is 0.347. The van der Waals surface area contributed by atoms with Gasteiger partial charge >= 0.3 is 6.18 Å². The summed E-state index contributed by atoms with van der Waals surface area (Å²) in [6.07, 6.45) is -0.121. The van der Waals surface area contributed by atoms with Gasteiger partial charge in [0.05, 0.1) is 37.7 Å². The van der Waals surface area contributed by atoms with Gasteiger partial charge in [-0.05, 0) is 44.4 Å². The lowest BCUT2D eigenvalue weighted by Crippen LogP contribution is -2.46. The second kappa shape index (κ2) is 13.6. The monoisotopic (exact) mass is 589 g/mol. The number of rotatable bonds is 11. The molecule has 14 heteroatoms. The largest absolute Gasteiger partial charge is 0.497 e. The number of amides is 1. The summed E-state index contributed by atoms with van der Waals surface area (Å²) >= 11 is 0. The van der Waals surface area contributed by atoms with E-state index in [-0.39, 0.29) is 42.7 Å². The second-order valence-corrected chi connectivity index (χ2v) is 10.2. The van der Waals surface area contributed by atoms with E-state index in [0.29, 0.717) is 43.7 Å². The van der Waals surface area contributed by atoms with Crippen LogP contribution in [-0.2, 0) is 22.3 Å². The first-order chi connectivity index (χ1) is 20.0. The molecule has 1 amide bonds. The number of piperidine rings is 1. The zero-order valence-electron chi connectivity index (χ0n) is 23.6. The third-order valence-electron chi connectivity index (χ3n) is 6.89. The molecule has 1 saturated heterocycles. The van der Waals surface area contributed by atoms with Gasteiger partial charge in [0.25, 0.3) is 5.56 Å². The number of anilines is 2.